The SMILES string of the molecule is CC(C)OC1=C(C(F)(F)F)C(CC#N)CC1=O. The number of halogens is 3. The molecule has 3 nitrogen and oxygen atoms in total. The monoisotopic (exact) mass is 247 g/mol. The van der Waals surface area contributed by atoms with Crippen molar-refractivity contribution in [3.8, 4) is 6.07 Å². The van der Waals surface area contributed by atoms with Crippen molar-refractivity contribution in [2.75, 3.05) is 0 Å². The fourth-order valence-electron chi connectivity index (χ4n) is 1.76. The van der Waals surface area contributed by atoms with Crippen LogP contribution in [0.1, 0.15) is 26.7 Å². The van der Waals surface area contributed by atoms with E-state index in [2.05, 4.69) is 0 Å². The Hall–Kier alpha value is -1.51. The van der Waals surface area contributed by atoms with Crippen molar-refractivity contribution in [3.63, 3.8) is 0 Å². The Morgan fingerprint density at radius 1 is 1.53 bits per heavy atom. The Bertz CT molecular complexity index is 391. The van der Waals surface area contributed by atoms with Gasteiger partial charge in [-0.05, 0) is 13.8 Å². The largest absolute Gasteiger partial charge is 0.487 e. The average Bonchev–Trinajstić information content (AvgIpc) is 2.41. The molecule has 0 aliphatic heterocycles. The lowest BCUT2D eigenvalue weighted by Crippen LogP contribution is -2.19. The first kappa shape index (κ1) is 13.6. The molecular weight excluding hydrogens is 235 g/mol. The summed E-state index contributed by atoms with van der Waals surface area (Å²) >= 11 is 0. The molecule has 94 valence electrons. The molecule has 0 fully saturated rings. The lowest BCUT2D eigenvalue weighted by Gasteiger charge is -2.16. The van der Waals surface area contributed by atoms with Crippen LogP contribution < -0.4 is 0 Å². The third-order valence-corrected chi connectivity index (χ3v) is 2.33. The summed E-state index contributed by atoms with van der Waals surface area (Å²) in [6.45, 7) is 3.10. The highest BCUT2D eigenvalue weighted by molar-refractivity contribution is 5.97. The van der Waals surface area contributed by atoms with Crippen LogP contribution in [0.4, 0.5) is 13.2 Å². The Morgan fingerprint density at radius 3 is 2.53 bits per heavy atom. The number of carbonyl (C=O) groups is 1. The summed E-state index contributed by atoms with van der Waals surface area (Å²) in [6.07, 6.45) is -5.76. The zero-order valence-electron chi connectivity index (χ0n) is 9.47. The van der Waals surface area contributed by atoms with Crippen molar-refractivity contribution >= 4 is 5.78 Å². The van der Waals surface area contributed by atoms with Gasteiger partial charge in [0.25, 0.3) is 0 Å². The molecule has 0 radical (unpaired) electrons. The highest BCUT2D eigenvalue weighted by Crippen LogP contribution is 2.42. The molecule has 0 bridgehead atoms. The summed E-state index contributed by atoms with van der Waals surface area (Å²) in [4.78, 5) is 11.5. The van der Waals surface area contributed by atoms with Crippen LogP contribution in [0.25, 0.3) is 0 Å². The van der Waals surface area contributed by atoms with Crippen molar-refractivity contribution in [2.24, 2.45) is 5.92 Å². The number of carbonyl (C=O) groups excluding carboxylic acids is 1. The van der Waals surface area contributed by atoms with Crippen molar-refractivity contribution in [3.05, 3.63) is 11.3 Å². The summed E-state index contributed by atoms with van der Waals surface area (Å²) in [5.41, 5.74) is -0.988. The summed E-state index contributed by atoms with van der Waals surface area (Å²) in [7, 11) is 0. The Balaban J connectivity index is 3.16. The van der Waals surface area contributed by atoms with Gasteiger partial charge in [0, 0.05) is 18.8 Å². The molecule has 0 spiro atoms. The van der Waals surface area contributed by atoms with Gasteiger partial charge in [-0.3, -0.25) is 4.79 Å². The number of alkyl halides is 3. The fourth-order valence-corrected chi connectivity index (χ4v) is 1.76. The predicted molar refractivity (Wildman–Crippen MR) is 52.6 cm³/mol. The van der Waals surface area contributed by atoms with E-state index in [9.17, 15) is 18.0 Å². The standard InChI is InChI=1S/C11H12F3NO2/c1-6(2)17-10-8(16)5-7(3-4-15)9(10)11(12,13)14/h6-7H,3,5H2,1-2H3. The Labute approximate surface area is 96.9 Å². The van der Waals surface area contributed by atoms with Gasteiger partial charge in [-0.1, -0.05) is 0 Å². The third kappa shape index (κ3) is 2.99. The Morgan fingerprint density at radius 2 is 2.12 bits per heavy atom. The molecule has 1 aliphatic rings. The van der Waals surface area contributed by atoms with Gasteiger partial charge in [0.1, 0.15) is 0 Å². The molecule has 0 N–H and O–H groups in total. The van der Waals surface area contributed by atoms with E-state index in [1.54, 1.807) is 19.9 Å². The number of Topliss-reactive ketones (excluding diaryl/α,β-unsaturated/α-hetero) is 1. The van der Waals surface area contributed by atoms with E-state index in [1.165, 1.54) is 0 Å². The van der Waals surface area contributed by atoms with Crippen molar-refractivity contribution in [1.82, 2.24) is 0 Å². The van der Waals surface area contributed by atoms with Crippen LogP contribution in [0.15, 0.2) is 11.3 Å². The number of hydrogen-bond donors (Lipinski definition) is 0. The number of allylic oxidation sites excluding steroid dienone is 2. The van der Waals surface area contributed by atoms with Gasteiger partial charge in [0.05, 0.1) is 17.7 Å². The van der Waals surface area contributed by atoms with Crippen LogP contribution in [0, 0.1) is 17.2 Å². The zero-order valence-corrected chi connectivity index (χ0v) is 9.47. The minimum atomic E-state index is -4.63. The number of ketones is 1. The van der Waals surface area contributed by atoms with Crippen LogP contribution in [-0.4, -0.2) is 18.1 Å². The second-order valence-corrected chi connectivity index (χ2v) is 4.09. The lowest BCUT2D eigenvalue weighted by atomic mass is 9.98. The fraction of sp³-hybridized carbons (Fsp3) is 0.636. The molecule has 0 saturated heterocycles. The number of nitrogens with zero attached hydrogens (tertiary/aromatic N) is 1. The lowest BCUT2D eigenvalue weighted by molar-refractivity contribution is -0.119. The van der Waals surface area contributed by atoms with E-state index < -0.39 is 35.3 Å². The normalized spacial score (nSPS) is 21.0. The molecule has 0 aromatic rings. The van der Waals surface area contributed by atoms with Crippen molar-refractivity contribution in [2.45, 2.75) is 39.0 Å². The molecule has 0 aromatic heterocycles. The van der Waals surface area contributed by atoms with Crippen LogP contribution in [-0.2, 0) is 9.53 Å². The molecule has 0 aromatic carbocycles. The maximum absolute atomic E-state index is 12.8. The quantitative estimate of drug-likeness (QED) is 0.770. The van der Waals surface area contributed by atoms with Gasteiger partial charge < -0.3 is 4.74 Å². The van der Waals surface area contributed by atoms with Crippen LogP contribution in [0.2, 0.25) is 0 Å². The molecule has 0 heterocycles. The average molecular weight is 247 g/mol. The van der Waals surface area contributed by atoms with E-state index in [-0.39, 0.29) is 12.8 Å². The number of nitriles is 1. The van der Waals surface area contributed by atoms with E-state index in [0.29, 0.717) is 0 Å². The number of ether oxygens (including phenoxy) is 1. The van der Waals surface area contributed by atoms with E-state index in [0.717, 1.165) is 0 Å². The zero-order chi connectivity index (χ0) is 13.2. The van der Waals surface area contributed by atoms with Gasteiger partial charge in [-0.15, -0.1) is 0 Å². The summed E-state index contributed by atoms with van der Waals surface area (Å²) < 4.78 is 43.4. The highest BCUT2D eigenvalue weighted by Gasteiger charge is 2.48. The summed E-state index contributed by atoms with van der Waals surface area (Å²) in [6, 6.07) is 1.66. The molecule has 1 atom stereocenters. The smallest absolute Gasteiger partial charge is 0.416 e. The Kier molecular flexibility index (Phi) is 3.81. The van der Waals surface area contributed by atoms with Crippen LogP contribution in [0.5, 0.6) is 0 Å². The first-order valence-electron chi connectivity index (χ1n) is 5.15. The minimum Gasteiger partial charge on any atom is -0.487 e. The second kappa shape index (κ2) is 4.78. The van der Waals surface area contributed by atoms with E-state index in [1.807, 2.05) is 0 Å². The molecule has 1 unspecified atom stereocenters. The van der Waals surface area contributed by atoms with Crippen LogP contribution >= 0.6 is 0 Å². The summed E-state index contributed by atoms with van der Waals surface area (Å²) in [5.74, 6) is -2.39. The second-order valence-electron chi connectivity index (χ2n) is 4.09. The third-order valence-electron chi connectivity index (χ3n) is 2.33. The molecular formula is C11H12F3NO2. The van der Waals surface area contributed by atoms with Gasteiger partial charge in [-0.25, -0.2) is 0 Å². The number of hydrogen-bond acceptors (Lipinski definition) is 3. The van der Waals surface area contributed by atoms with Gasteiger partial charge in [-0.2, -0.15) is 18.4 Å². The molecule has 0 amide bonds. The highest BCUT2D eigenvalue weighted by atomic mass is 19.4. The van der Waals surface area contributed by atoms with Crippen LogP contribution in [0.3, 0.4) is 0 Å². The topological polar surface area (TPSA) is 50.1 Å². The number of rotatable bonds is 3. The predicted octanol–water partition coefficient (Wildman–Crippen LogP) is 2.73. The first-order chi connectivity index (χ1) is 7.77. The van der Waals surface area contributed by atoms with Gasteiger partial charge >= 0.3 is 6.18 Å². The molecule has 17 heavy (non-hydrogen) atoms. The molecule has 1 rings (SSSR count). The maximum Gasteiger partial charge on any atom is 0.416 e. The molecule has 0 saturated carbocycles. The van der Waals surface area contributed by atoms with Gasteiger partial charge in [0.15, 0.2) is 11.5 Å². The van der Waals surface area contributed by atoms with E-state index in [4.69, 9.17) is 10.00 Å². The van der Waals surface area contributed by atoms with Crippen molar-refractivity contribution < 1.29 is 22.7 Å². The first-order valence-corrected chi connectivity index (χ1v) is 5.15. The maximum atomic E-state index is 12.8. The summed E-state index contributed by atoms with van der Waals surface area (Å²) in [5, 5.41) is 8.47. The van der Waals surface area contributed by atoms with E-state index >= 15 is 0 Å². The minimum absolute atomic E-state index is 0.301. The van der Waals surface area contributed by atoms with Crippen molar-refractivity contribution in [1.29, 1.82) is 5.26 Å². The van der Waals surface area contributed by atoms with Gasteiger partial charge in [0.2, 0.25) is 0 Å². The molecule has 6 heteroatoms. The molecule has 1 aliphatic carbocycles.